The molecule has 0 atom stereocenters. The number of carbonyl (C=O) groups is 1. The molecule has 5 nitrogen and oxygen atoms in total. The van der Waals surface area contributed by atoms with E-state index in [0.29, 0.717) is 10.3 Å². The van der Waals surface area contributed by atoms with Gasteiger partial charge in [-0.15, -0.1) is 0 Å². The number of halogens is 2. The molecular formula is CH2F2N2O3S. The quantitative estimate of drug-likeness (QED) is 0.396. The number of amides is 2. The summed E-state index contributed by atoms with van der Waals surface area (Å²) in [5.41, 5.74) is 0.352. The summed E-state index contributed by atoms with van der Waals surface area (Å²) in [5.74, 6) is 0. The third-order valence-corrected chi connectivity index (χ3v) is 0.730. The third-order valence-electron chi connectivity index (χ3n) is 0.300. The van der Waals surface area contributed by atoms with Crippen LogP contribution in [0.2, 0.25) is 0 Å². The molecular weight excluding hydrogens is 158 g/mol. The molecule has 0 aromatic rings. The van der Waals surface area contributed by atoms with Crippen molar-refractivity contribution >= 4 is 16.4 Å². The smallest absolute Gasteiger partial charge is 0.245 e. The fourth-order valence-electron chi connectivity index (χ4n) is 0.130. The maximum Gasteiger partial charge on any atom is 0.400 e. The van der Waals surface area contributed by atoms with E-state index in [-0.39, 0.29) is 0 Å². The zero-order valence-electron chi connectivity index (χ0n) is 3.89. The lowest BCUT2D eigenvalue weighted by Gasteiger charge is -1.92. The van der Waals surface area contributed by atoms with Crippen molar-refractivity contribution in [1.82, 2.24) is 10.3 Å². The van der Waals surface area contributed by atoms with Gasteiger partial charge in [-0.05, 0) is 0 Å². The van der Waals surface area contributed by atoms with Crippen molar-refractivity contribution < 1.29 is 21.6 Å². The van der Waals surface area contributed by atoms with E-state index in [0.717, 1.165) is 0 Å². The molecule has 2 N–H and O–H groups in total. The third kappa shape index (κ3) is 4.94. The van der Waals surface area contributed by atoms with E-state index >= 15 is 0 Å². The van der Waals surface area contributed by atoms with Crippen LogP contribution in [0.4, 0.5) is 13.2 Å². The number of nitrogens with one attached hydrogen (secondary N) is 2. The molecule has 0 heterocycles. The minimum Gasteiger partial charge on any atom is -0.245 e. The Morgan fingerprint density at radius 1 is 1.44 bits per heavy atom. The normalized spacial score (nSPS) is 10.4. The summed E-state index contributed by atoms with van der Waals surface area (Å²) in [4.78, 5) is 9.61. The molecule has 2 amide bonds. The highest BCUT2D eigenvalue weighted by Gasteiger charge is 2.10. The molecule has 0 aliphatic heterocycles. The molecule has 0 saturated heterocycles. The predicted molar refractivity (Wildman–Crippen MR) is 22.8 cm³/mol. The lowest BCUT2D eigenvalue weighted by molar-refractivity contribution is 0.222. The lowest BCUT2D eigenvalue weighted by atomic mass is 11.2. The Morgan fingerprint density at radius 2 is 1.89 bits per heavy atom. The highest BCUT2D eigenvalue weighted by atomic mass is 32.3. The van der Waals surface area contributed by atoms with Gasteiger partial charge in [0.25, 0.3) is 0 Å². The Labute approximate surface area is 49.3 Å². The fraction of sp³-hybridized carbons (Fsp3) is 0. The molecule has 9 heavy (non-hydrogen) atoms. The van der Waals surface area contributed by atoms with Crippen molar-refractivity contribution in [2.45, 2.75) is 0 Å². The van der Waals surface area contributed by atoms with Crippen LogP contribution in [0, 0.1) is 0 Å². The number of hydrogen-bond acceptors (Lipinski definition) is 3. The van der Waals surface area contributed by atoms with E-state index in [4.69, 9.17) is 0 Å². The van der Waals surface area contributed by atoms with Crippen molar-refractivity contribution in [3.8, 4) is 0 Å². The molecule has 0 aliphatic carbocycles. The van der Waals surface area contributed by atoms with Gasteiger partial charge >= 0.3 is 16.4 Å². The van der Waals surface area contributed by atoms with Crippen LogP contribution in [0.5, 0.6) is 0 Å². The van der Waals surface area contributed by atoms with Gasteiger partial charge in [-0.3, -0.25) is 0 Å². The zero-order valence-corrected chi connectivity index (χ0v) is 4.71. The average Bonchev–Trinajstić information content (AvgIpc) is 1.62. The van der Waals surface area contributed by atoms with E-state index in [1.54, 1.807) is 0 Å². The molecule has 8 heteroatoms. The second kappa shape index (κ2) is 2.58. The maximum absolute atomic E-state index is 11.3. The minimum absolute atomic E-state index is 0.352. The molecule has 0 fully saturated rings. The van der Waals surface area contributed by atoms with Crippen molar-refractivity contribution in [2.75, 3.05) is 0 Å². The largest absolute Gasteiger partial charge is 0.400 e. The van der Waals surface area contributed by atoms with Crippen LogP contribution in [0.25, 0.3) is 0 Å². The summed E-state index contributed by atoms with van der Waals surface area (Å²) >= 11 is 0. The topological polar surface area (TPSA) is 75.3 Å². The molecule has 54 valence electrons. The zero-order chi connectivity index (χ0) is 7.49. The summed E-state index contributed by atoms with van der Waals surface area (Å²) in [7, 11) is -5.14. The van der Waals surface area contributed by atoms with Gasteiger partial charge in [0.2, 0.25) is 0 Å². The molecule has 0 rings (SSSR count). The van der Waals surface area contributed by atoms with Crippen LogP contribution in [0.1, 0.15) is 0 Å². The van der Waals surface area contributed by atoms with Gasteiger partial charge in [0.05, 0.1) is 0 Å². The Bertz CT molecular complexity index is 198. The van der Waals surface area contributed by atoms with Gasteiger partial charge < -0.3 is 0 Å². The van der Waals surface area contributed by atoms with Crippen LogP contribution in [-0.2, 0) is 10.4 Å². The molecule has 0 bridgehead atoms. The first-order valence-electron chi connectivity index (χ1n) is 1.58. The van der Waals surface area contributed by atoms with E-state index in [2.05, 4.69) is 0 Å². The highest BCUT2D eigenvalue weighted by molar-refractivity contribution is 7.84. The molecule has 0 aromatic carbocycles. The second-order valence-corrected chi connectivity index (χ2v) is 2.04. The second-order valence-electron chi connectivity index (χ2n) is 0.964. The first-order chi connectivity index (χ1) is 3.95. The first kappa shape index (κ1) is 8.08. The van der Waals surface area contributed by atoms with Gasteiger partial charge in [-0.1, -0.05) is 8.37 Å². The van der Waals surface area contributed by atoms with Crippen LogP contribution >= 0.6 is 0 Å². The molecule has 0 unspecified atom stereocenters. The maximum atomic E-state index is 11.3. The van der Waals surface area contributed by atoms with Crippen LogP contribution in [-0.4, -0.2) is 14.4 Å². The fourth-order valence-corrected chi connectivity index (χ4v) is 0.390. The standard InChI is InChI=1S/CH2F2N2O3S/c2-4-1(6)5-9(3,7)8/h(H2,4,5,6). The van der Waals surface area contributed by atoms with E-state index in [1.165, 1.54) is 0 Å². The number of hydrogen-bond donors (Lipinski definition) is 2. The predicted octanol–water partition coefficient (Wildman–Crippen LogP) is -0.616. The van der Waals surface area contributed by atoms with Gasteiger partial charge in [-0.2, -0.15) is 14.0 Å². The van der Waals surface area contributed by atoms with Crippen molar-refractivity contribution in [3.63, 3.8) is 0 Å². The van der Waals surface area contributed by atoms with Crippen molar-refractivity contribution in [3.05, 3.63) is 0 Å². The Hall–Kier alpha value is -0.920. The Morgan fingerprint density at radius 3 is 2.00 bits per heavy atom. The lowest BCUT2D eigenvalue weighted by Crippen LogP contribution is -2.33. The number of urea groups is 1. The summed E-state index contributed by atoms with van der Waals surface area (Å²) in [6.45, 7) is 0. The monoisotopic (exact) mass is 160 g/mol. The van der Waals surface area contributed by atoms with Crippen LogP contribution in [0.15, 0.2) is 0 Å². The van der Waals surface area contributed by atoms with Crippen molar-refractivity contribution in [1.29, 1.82) is 0 Å². The first-order valence-corrected chi connectivity index (χ1v) is 2.97. The molecule has 0 spiro atoms. The Kier molecular flexibility index (Phi) is 2.31. The van der Waals surface area contributed by atoms with E-state index in [1.807, 2.05) is 0 Å². The van der Waals surface area contributed by atoms with Gasteiger partial charge in [0, 0.05) is 0 Å². The average molecular weight is 160 g/mol. The Balaban J connectivity index is 3.91. The van der Waals surface area contributed by atoms with Gasteiger partial charge in [0.15, 0.2) is 0 Å². The van der Waals surface area contributed by atoms with Gasteiger partial charge in [0.1, 0.15) is 0 Å². The van der Waals surface area contributed by atoms with Crippen LogP contribution in [0.3, 0.4) is 0 Å². The SMILES string of the molecule is O=C(NF)NS(=O)(=O)F. The van der Waals surface area contributed by atoms with E-state index < -0.39 is 16.4 Å². The highest BCUT2D eigenvalue weighted by Crippen LogP contribution is 1.81. The molecule has 0 aromatic heterocycles. The molecule has 0 aliphatic rings. The summed E-state index contributed by atoms with van der Waals surface area (Å²) in [6.07, 6.45) is 0. The number of rotatable bonds is 1. The molecule has 0 saturated carbocycles. The number of carbonyl (C=O) groups excluding carboxylic acids is 1. The van der Waals surface area contributed by atoms with Gasteiger partial charge in [-0.25, -0.2) is 9.52 Å². The van der Waals surface area contributed by atoms with Crippen LogP contribution < -0.4 is 10.3 Å². The minimum atomic E-state index is -5.14. The molecule has 0 radical (unpaired) electrons. The summed E-state index contributed by atoms with van der Waals surface area (Å²) in [5, 5.41) is 0. The van der Waals surface area contributed by atoms with E-state index in [9.17, 15) is 21.6 Å². The summed E-state index contributed by atoms with van der Waals surface area (Å²) in [6, 6.07) is -1.77. The summed E-state index contributed by atoms with van der Waals surface area (Å²) < 4.78 is 41.5. The van der Waals surface area contributed by atoms with Crippen molar-refractivity contribution in [2.24, 2.45) is 0 Å².